The lowest BCUT2D eigenvalue weighted by atomic mass is 10.2. The van der Waals surface area contributed by atoms with Crippen molar-refractivity contribution >= 4 is 27.6 Å². The van der Waals surface area contributed by atoms with Crippen LogP contribution in [0, 0.1) is 0 Å². The fourth-order valence-electron chi connectivity index (χ4n) is 1.57. The third kappa shape index (κ3) is 4.68. The summed E-state index contributed by atoms with van der Waals surface area (Å²) < 4.78 is 33.4. The Hall–Kier alpha value is -1.66. The molecule has 0 saturated carbocycles. The number of ether oxygens (including phenoxy) is 1. The molecule has 0 amide bonds. The molecule has 0 atom stereocenters. The molecule has 112 valence electrons. The van der Waals surface area contributed by atoms with Crippen molar-refractivity contribution in [1.82, 2.24) is 0 Å². The van der Waals surface area contributed by atoms with E-state index in [1.165, 1.54) is 12.3 Å². The molecule has 0 aliphatic carbocycles. The van der Waals surface area contributed by atoms with Gasteiger partial charge in [0.25, 0.3) is 10.0 Å². The van der Waals surface area contributed by atoms with Gasteiger partial charge < -0.3 is 4.74 Å². The van der Waals surface area contributed by atoms with E-state index in [2.05, 4.69) is 4.40 Å². The van der Waals surface area contributed by atoms with Crippen LogP contribution in [0.4, 0.5) is 0 Å². The van der Waals surface area contributed by atoms with E-state index >= 15 is 0 Å². The van der Waals surface area contributed by atoms with Crippen LogP contribution in [0.5, 0.6) is 5.75 Å². The standard InChI is InChI=1S/C15H17NO3S2/c1-15(2,3)19-13-8-6-12(7-9-13)11-16-21(17,18)14-5-4-10-20-14/h4-11H,1-3H3/b16-11-. The highest BCUT2D eigenvalue weighted by molar-refractivity contribution is 7.92. The molecule has 2 rings (SSSR count). The molecule has 0 spiro atoms. The Balaban J connectivity index is 2.12. The predicted molar refractivity (Wildman–Crippen MR) is 85.9 cm³/mol. The minimum atomic E-state index is -3.60. The number of hydrogen-bond donors (Lipinski definition) is 0. The van der Waals surface area contributed by atoms with Gasteiger partial charge in [0.05, 0.1) is 0 Å². The van der Waals surface area contributed by atoms with Gasteiger partial charge in [0.15, 0.2) is 0 Å². The van der Waals surface area contributed by atoms with Crippen LogP contribution in [-0.4, -0.2) is 20.2 Å². The van der Waals surface area contributed by atoms with Gasteiger partial charge in [-0.1, -0.05) is 6.07 Å². The van der Waals surface area contributed by atoms with Gasteiger partial charge in [-0.2, -0.15) is 12.8 Å². The molecule has 2 aromatic rings. The lowest BCUT2D eigenvalue weighted by Gasteiger charge is -2.21. The first-order chi connectivity index (χ1) is 9.76. The van der Waals surface area contributed by atoms with Crippen molar-refractivity contribution in [3.63, 3.8) is 0 Å². The highest BCUT2D eigenvalue weighted by Crippen LogP contribution is 2.20. The van der Waals surface area contributed by atoms with E-state index in [4.69, 9.17) is 4.74 Å². The smallest absolute Gasteiger partial charge is 0.291 e. The molecule has 1 heterocycles. The lowest BCUT2D eigenvalue weighted by molar-refractivity contribution is 0.131. The summed E-state index contributed by atoms with van der Waals surface area (Å²) in [7, 11) is -3.60. The van der Waals surface area contributed by atoms with Crippen LogP contribution in [0.2, 0.25) is 0 Å². The number of sulfonamides is 1. The third-order valence-corrected chi connectivity index (χ3v) is 5.00. The van der Waals surface area contributed by atoms with Gasteiger partial charge in [-0.05, 0) is 62.0 Å². The lowest BCUT2D eigenvalue weighted by Crippen LogP contribution is -2.22. The largest absolute Gasteiger partial charge is 0.488 e. The average Bonchev–Trinajstić information content (AvgIpc) is 2.91. The van der Waals surface area contributed by atoms with Crippen molar-refractivity contribution in [2.24, 2.45) is 4.40 Å². The number of nitrogens with zero attached hydrogens (tertiary/aromatic N) is 1. The number of thiophene rings is 1. The van der Waals surface area contributed by atoms with Crippen LogP contribution in [0.3, 0.4) is 0 Å². The van der Waals surface area contributed by atoms with Crippen LogP contribution in [-0.2, 0) is 10.0 Å². The summed E-state index contributed by atoms with van der Waals surface area (Å²) in [6.45, 7) is 5.90. The molecule has 6 heteroatoms. The van der Waals surface area contributed by atoms with Gasteiger partial charge in [0.2, 0.25) is 0 Å². The Morgan fingerprint density at radius 3 is 2.33 bits per heavy atom. The molecule has 1 aromatic heterocycles. The van der Waals surface area contributed by atoms with Crippen molar-refractivity contribution in [3.05, 3.63) is 47.3 Å². The van der Waals surface area contributed by atoms with E-state index in [9.17, 15) is 8.42 Å². The molecule has 0 aliphatic rings. The normalized spacial score (nSPS) is 12.7. The van der Waals surface area contributed by atoms with Crippen molar-refractivity contribution in [1.29, 1.82) is 0 Å². The zero-order valence-corrected chi connectivity index (χ0v) is 13.7. The number of rotatable bonds is 4. The molecule has 0 unspecified atom stereocenters. The molecule has 0 radical (unpaired) electrons. The Kier molecular flexibility index (Phi) is 4.49. The fraction of sp³-hybridized carbons (Fsp3) is 0.267. The Labute approximate surface area is 129 Å². The van der Waals surface area contributed by atoms with E-state index in [1.54, 1.807) is 35.7 Å². The van der Waals surface area contributed by atoms with Gasteiger partial charge in [-0.3, -0.25) is 0 Å². The highest BCUT2D eigenvalue weighted by Gasteiger charge is 2.13. The maximum atomic E-state index is 11.9. The molecule has 0 bridgehead atoms. The summed E-state index contributed by atoms with van der Waals surface area (Å²) in [6, 6.07) is 10.4. The second-order valence-electron chi connectivity index (χ2n) is 5.43. The highest BCUT2D eigenvalue weighted by atomic mass is 32.2. The van der Waals surface area contributed by atoms with Crippen molar-refractivity contribution in [2.45, 2.75) is 30.6 Å². The Morgan fingerprint density at radius 2 is 1.81 bits per heavy atom. The molecule has 4 nitrogen and oxygen atoms in total. The summed E-state index contributed by atoms with van der Waals surface area (Å²) in [5, 5.41) is 1.71. The van der Waals surface area contributed by atoms with Gasteiger partial charge >= 0.3 is 0 Å². The summed E-state index contributed by atoms with van der Waals surface area (Å²) >= 11 is 1.15. The molecular formula is C15H17NO3S2. The maximum absolute atomic E-state index is 11.9. The van der Waals surface area contributed by atoms with E-state index in [1.807, 2.05) is 20.8 Å². The van der Waals surface area contributed by atoms with E-state index in [0.717, 1.165) is 17.1 Å². The fourth-order valence-corrected chi connectivity index (χ4v) is 3.41. The average molecular weight is 323 g/mol. The minimum Gasteiger partial charge on any atom is -0.488 e. The summed E-state index contributed by atoms with van der Waals surface area (Å²) in [4.78, 5) is 0. The van der Waals surface area contributed by atoms with Crippen LogP contribution < -0.4 is 4.74 Å². The second kappa shape index (κ2) is 5.99. The monoisotopic (exact) mass is 323 g/mol. The summed E-state index contributed by atoms with van der Waals surface area (Å²) in [6.07, 6.45) is 1.34. The SMILES string of the molecule is CC(C)(C)Oc1ccc(/C=N\S(=O)(=O)c2cccs2)cc1. The van der Waals surface area contributed by atoms with Crippen molar-refractivity contribution in [2.75, 3.05) is 0 Å². The van der Waals surface area contributed by atoms with Crippen LogP contribution in [0.25, 0.3) is 0 Å². The minimum absolute atomic E-state index is 0.242. The van der Waals surface area contributed by atoms with Crippen molar-refractivity contribution in [3.8, 4) is 5.75 Å². The van der Waals surface area contributed by atoms with Crippen molar-refractivity contribution < 1.29 is 13.2 Å². The van der Waals surface area contributed by atoms with Gasteiger partial charge in [0.1, 0.15) is 15.6 Å². The summed E-state index contributed by atoms with van der Waals surface area (Å²) in [5.41, 5.74) is 0.439. The van der Waals surface area contributed by atoms with E-state index in [-0.39, 0.29) is 9.81 Å². The topological polar surface area (TPSA) is 55.7 Å². The molecule has 0 aliphatic heterocycles. The first kappa shape index (κ1) is 15.7. The second-order valence-corrected chi connectivity index (χ2v) is 8.23. The van der Waals surface area contributed by atoms with Gasteiger partial charge in [-0.15, -0.1) is 11.3 Å². The van der Waals surface area contributed by atoms with Gasteiger partial charge in [-0.25, -0.2) is 0 Å². The molecule has 0 fully saturated rings. The zero-order valence-electron chi connectivity index (χ0n) is 12.1. The quantitative estimate of drug-likeness (QED) is 0.806. The third-order valence-electron chi connectivity index (χ3n) is 2.39. The molecule has 0 N–H and O–H groups in total. The summed E-state index contributed by atoms with van der Waals surface area (Å²) in [5.74, 6) is 0.737. The molecule has 1 aromatic carbocycles. The molecule has 0 saturated heterocycles. The first-order valence-corrected chi connectivity index (χ1v) is 8.71. The van der Waals surface area contributed by atoms with Gasteiger partial charge in [0, 0.05) is 6.21 Å². The van der Waals surface area contributed by atoms with E-state index in [0.29, 0.717) is 5.56 Å². The van der Waals surface area contributed by atoms with Crippen LogP contribution >= 0.6 is 11.3 Å². The molecular weight excluding hydrogens is 306 g/mol. The zero-order chi connectivity index (χ0) is 15.5. The number of hydrogen-bond acceptors (Lipinski definition) is 4. The maximum Gasteiger partial charge on any atom is 0.291 e. The Morgan fingerprint density at radius 1 is 1.14 bits per heavy atom. The van der Waals surface area contributed by atoms with Crippen LogP contribution in [0.15, 0.2) is 50.4 Å². The predicted octanol–water partition coefficient (Wildman–Crippen LogP) is 3.73. The Bertz CT molecular complexity index is 709. The van der Waals surface area contributed by atoms with E-state index < -0.39 is 10.0 Å². The first-order valence-electron chi connectivity index (χ1n) is 6.39. The number of benzene rings is 1. The van der Waals surface area contributed by atoms with Crippen LogP contribution in [0.1, 0.15) is 26.3 Å². The molecule has 21 heavy (non-hydrogen) atoms.